The highest BCUT2D eigenvalue weighted by Gasteiger charge is 2.40. The van der Waals surface area contributed by atoms with E-state index in [0.29, 0.717) is 5.60 Å². The fourth-order valence-electron chi connectivity index (χ4n) is 2.44. The Morgan fingerprint density at radius 3 is 2.17 bits per heavy atom. The second-order valence-electron chi connectivity index (χ2n) is 4.01. The lowest BCUT2D eigenvalue weighted by Crippen LogP contribution is -2.22. The summed E-state index contributed by atoms with van der Waals surface area (Å²) in [5.74, 6) is 0.818. The van der Waals surface area contributed by atoms with Gasteiger partial charge in [-0.15, -0.1) is 0 Å². The van der Waals surface area contributed by atoms with Crippen LogP contribution >= 0.6 is 0 Å². The predicted octanol–water partition coefficient (Wildman–Crippen LogP) is 3.38. The molecule has 12 heavy (non-hydrogen) atoms. The molecule has 0 aromatic heterocycles. The van der Waals surface area contributed by atoms with E-state index in [2.05, 4.69) is 6.92 Å². The molecule has 0 bridgehead atoms. The summed E-state index contributed by atoms with van der Waals surface area (Å²) in [6, 6.07) is 0. The van der Waals surface area contributed by atoms with E-state index in [-0.39, 0.29) is 0 Å². The van der Waals surface area contributed by atoms with Crippen LogP contribution in [0, 0.1) is 5.92 Å². The molecule has 0 aromatic rings. The standard InChI is InChI=1S/C9H16O.C2H6/c1-8-6-9(10-7-8)4-2-3-5-9;1-2/h8H,2-7H2,1H3;1-2H3. The zero-order chi connectivity index (χ0) is 9.03. The third-order valence-corrected chi connectivity index (χ3v) is 2.91. The van der Waals surface area contributed by atoms with E-state index < -0.39 is 0 Å². The van der Waals surface area contributed by atoms with Gasteiger partial charge in [-0.3, -0.25) is 0 Å². The monoisotopic (exact) mass is 170 g/mol. The van der Waals surface area contributed by atoms with E-state index in [0.717, 1.165) is 12.5 Å². The molecule has 0 radical (unpaired) electrons. The largest absolute Gasteiger partial charge is 0.375 e. The molecule has 2 fully saturated rings. The van der Waals surface area contributed by atoms with E-state index in [1.54, 1.807) is 0 Å². The van der Waals surface area contributed by atoms with Crippen LogP contribution in [0.4, 0.5) is 0 Å². The molecule has 72 valence electrons. The first-order valence-corrected chi connectivity index (χ1v) is 5.45. The Morgan fingerprint density at radius 1 is 1.17 bits per heavy atom. The van der Waals surface area contributed by atoms with Crippen molar-refractivity contribution in [3.05, 3.63) is 0 Å². The SMILES string of the molecule is CC.CC1COC2(CCCC2)C1. The Hall–Kier alpha value is -0.0400. The third-order valence-electron chi connectivity index (χ3n) is 2.91. The molecule has 1 spiro atoms. The van der Waals surface area contributed by atoms with Crippen molar-refractivity contribution in [1.29, 1.82) is 0 Å². The Kier molecular flexibility index (Phi) is 3.57. The molecular formula is C11H22O. The summed E-state index contributed by atoms with van der Waals surface area (Å²) >= 11 is 0. The summed E-state index contributed by atoms with van der Waals surface area (Å²) in [6.45, 7) is 7.31. The van der Waals surface area contributed by atoms with Crippen molar-refractivity contribution in [3.8, 4) is 0 Å². The maximum absolute atomic E-state index is 5.81. The molecule has 2 rings (SSSR count). The highest BCUT2D eigenvalue weighted by molar-refractivity contribution is 4.91. The van der Waals surface area contributed by atoms with Crippen LogP contribution < -0.4 is 0 Å². The average molecular weight is 170 g/mol. The van der Waals surface area contributed by atoms with E-state index in [1.165, 1.54) is 32.1 Å². The number of ether oxygens (including phenoxy) is 1. The van der Waals surface area contributed by atoms with Gasteiger partial charge >= 0.3 is 0 Å². The Morgan fingerprint density at radius 2 is 1.75 bits per heavy atom. The first-order valence-electron chi connectivity index (χ1n) is 5.45. The van der Waals surface area contributed by atoms with E-state index in [9.17, 15) is 0 Å². The van der Waals surface area contributed by atoms with Gasteiger partial charge in [0, 0.05) is 6.61 Å². The van der Waals surface area contributed by atoms with Crippen LogP contribution in [0.1, 0.15) is 52.9 Å². The lowest BCUT2D eigenvalue weighted by atomic mass is 9.94. The molecule has 1 unspecified atom stereocenters. The van der Waals surface area contributed by atoms with Gasteiger partial charge < -0.3 is 4.74 Å². The van der Waals surface area contributed by atoms with Crippen LogP contribution in [0.3, 0.4) is 0 Å². The fraction of sp³-hybridized carbons (Fsp3) is 1.00. The van der Waals surface area contributed by atoms with Crippen molar-refractivity contribution in [2.75, 3.05) is 6.61 Å². The maximum Gasteiger partial charge on any atom is 0.0686 e. The quantitative estimate of drug-likeness (QED) is 0.541. The average Bonchev–Trinajstić information content (AvgIpc) is 2.68. The van der Waals surface area contributed by atoms with Gasteiger partial charge in [0.25, 0.3) is 0 Å². The molecule has 1 nitrogen and oxygen atoms in total. The number of hydrogen-bond donors (Lipinski definition) is 0. The lowest BCUT2D eigenvalue weighted by molar-refractivity contribution is 0.00962. The minimum Gasteiger partial charge on any atom is -0.375 e. The van der Waals surface area contributed by atoms with E-state index in [4.69, 9.17) is 4.74 Å². The molecule has 0 aromatic carbocycles. The summed E-state index contributed by atoms with van der Waals surface area (Å²) < 4.78 is 5.81. The molecule has 1 saturated heterocycles. The van der Waals surface area contributed by atoms with Crippen molar-refractivity contribution < 1.29 is 4.74 Å². The van der Waals surface area contributed by atoms with Crippen LogP contribution in [0.15, 0.2) is 0 Å². The van der Waals surface area contributed by atoms with Crippen molar-refractivity contribution in [2.24, 2.45) is 5.92 Å². The number of hydrogen-bond acceptors (Lipinski definition) is 1. The zero-order valence-corrected chi connectivity index (χ0v) is 8.73. The van der Waals surface area contributed by atoms with Crippen LogP contribution in [-0.2, 0) is 4.74 Å². The Bertz CT molecular complexity index is 125. The lowest BCUT2D eigenvalue weighted by Gasteiger charge is -2.21. The van der Waals surface area contributed by atoms with Gasteiger partial charge in [0.1, 0.15) is 0 Å². The maximum atomic E-state index is 5.81. The van der Waals surface area contributed by atoms with E-state index in [1.807, 2.05) is 13.8 Å². The first kappa shape index (κ1) is 10.0. The Balaban J connectivity index is 0.000000336. The van der Waals surface area contributed by atoms with Gasteiger partial charge in [0.2, 0.25) is 0 Å². The molecule has 0 N–H and O–H groups in total. The Labute approximate surface area is 76.5 Å². The normalized spacial score (nSPS) is 31.8. The fourth-order valence-corrected chi connectivity index (χ4v) is 2.44. The molecule has 1 saturated carbocycles. The molecule has 2 aliphatic rings. The van der Waals surface area contributed by atoms with Gasteiger partial charge in [0.05, 0.1) is 5.60 Å². The summed E-state index contributed by atoms with van der Waals surface area (Å²) in [6.07, 6.45) is 6.78. The van der Waals surface area contributed by atoms with Gasteiger partial charge in [-0.05, 0) is 25.2 Å². The molecule has 1 heterocycles. The molecule has 1 heteroatoms. The topological polar surface area (TPSA) is 9.23 Å². The predicted molar refractivity (Wildman–Crippen MR) is 52.3 cm³/mol. The van der Waals surface area contributed by atoms with Gasteiger partial charge in [-0.1, -0.05) is 33.6 Å². The second-order valence-corrected chi connectivity index (χ2v) is 4.01. The van der Waals surface area contributed by atoms with Crippen molar-refractivity contribution >= 4 is 0 Å². The van der Waals surface area contributed by atoms with Crippen molar-refractivity contribution in [3.63, 3.8) is 0 Å². The smallest absolute Gasteiger partial charge is 0.0686 e. The minimum absolute atomic E-state index is 0.361. The molecular weight excluding hydrogens is 148 g/mol. The van der Waals surface area contributed by atoms with Gasteiger partial charge in [-0.25, -0.2) is 0 Å². The molecule has 0 amide bonds. The van der Waals surface area contributed by atoms with Crippen LogP contribution in [0.25, 0.3) is 0 Å². The van der Waals surface area contributed by atoms with Crippen LogP contribution in [0.2, 0.25) is 0 Å². The van der Waals surface area contributed by atoms with Crippen LogP contribution in [-0.4, -0.2) is 12.2 Å². The van der Waals surface area contributed by atoms with Crippen LogP contribution in [0.5, 0.6) is 0 Å². The highest BCUT2D eigenvalue weighted by atomic mass is 16.5. The molecule has 1 aliphatic heterocycles. The second kappa shape index (κ2) is 4.27. The van der Waals surface area contributed by atoms with Gasteiger partial charge in [-0.2, -0.15) is 0 Å². The van der Waals surface area contributed by atoms with Crippen molar-refractivity contribution in [2.45, 2.75) is 58.5 Å². The van der Waals surface area contributed by atoms with E-state index >= 15 is 0 Å². The summed E-state index contributed by atoms with van der Waals surface area (Å²) in [5.41, 5.74) is 0.361. The summed E-state index contributed by atoms with van der Waals surface area (Å²) in [7, 11) is 0. The zero-order valence-electron chi connectivity index (χ0n) is 8.73. The van der Waals surface area contributed by atoms with Crippen molar-refractivity contribution in [1.82, 2.24) is 0 Å². The van der Waals surface area contributed by atoms with Gasteiger partial charge in [0.15, 0.2) is 0 Å². The molecule has 1 aliphatic carbocycles. The summed E-state index contributed by atoms with van der Waals surface area (Å²) in [5, 5.41) is 0. The third kappa shape index (κ3) is 2.01. The number of rotatable bonds is 0. The highest BCUT2D eigenvalue weighted by Crippen LogP contribution is 2.42. The molecule has 1 atom stereocenters. The summed E-state index contributed by atoms with van der Waals surface area (Å²) in [4.78, 5) is 0. The minimum atomic E-state index is 0.361. The first-order chi connectivity index (χ1) is 5.81.